The van der Waals surface area contributed by atoms with Gasteiger partial charge in [-0.25, -0.2) is 4.79 Å². The fourth-order valence-electron chi connectivity index (χ4n) is 1.49. The summed E-state index contributed by atoms with van der Waals surface area (Å²) in [5.74, 6) is -1.28. The van der Waals surface area contributed by atoms with Gasteiger partial charge in [-0.05, 0) is 48.1 Å². The zero-order valence-electron chi connectivity index (χ0n) is 11.3. The first-order valence-electron chi connectivity index (χ1n) is 5.84. The molecule has 2 N–H and O–H groups in total. The number of nitrogens with one attached hydrogen (secondary N) is 1. The first-order chi connectivity index (χ1) is 9.25. The maximum absolute atomic E-state index is 12.3. The highest BCUT2D eigenvalue weighted by Gasteiger charge is 2.33. The Balaban J connectivity index is 3.15. The van der Waals surface area contributed by atoms with Crippen molar-refractivity contribution in [2.75, 3.05) is 7.11 Å². The number of methoxy groups -OCH3 is 1. The standard InChI is InChI=1S/C13H15ClINO4/c1-4-13(2,12(18)19)16-11(17)7-5-8(14)9(15)6-10(7)20-3/h5-6H,4H2,1-3H3,(H,16,17)(H,18,19). The lowest BCUT2D eigenvalue weighted by Crippen LogP contribution is -2.51. The van der Waals surface area contributed by atoms with E-state index in [1.165, 1.54) is 20.1 Å². The van der Waals surface area contributed by atoms with Gasteiger partial charge in [-0.2, -0.15) is 0 Å². The van der Waals surface area contributed by atoms with Gasteiger partial charge in [0.25, 0.3) is 5.91 Å². The molecule has 0 aromatic heterocycles. The van der Waals surface area contributed by atoms with E-state index in [2.05, 4.69) is 5.32 Å². The van der Waals surface area contributed by atoms with Gasteiger partial charge in [0.1, 0.15) is 11.3 Å². The van der Waals surface area contributed by atoms with Crippen LogP contribution < -0.4 is 10.1 Å². The SMILES string of the molecule is CCC(C)(NC(=O)c1cc(Cl)c(I)cc1OC)C(=O)O. The fourth-order valence-corrected chi connectivity index (χ4v) is 2.09. The summed E-state index contributed by atoms with van der Waals surface area (Å²) in [6.45, 7) is 3.14. The molecule has 5 nitrogen and oxygen atoms in total. The lowest BCUT2D eigenvalue weighted by atomic mass is 9.98. The minimum absolute atomic E-state index is 0.207. The van der Waals surface area contributed by atoms with Crippen molar-refractivity contribution in [1.82, 2.24) is 5.32 Å². The van der Waals surface area contributed by atoms with Gasteiger partial charge in [0.2, 0.25) is 0 Å². The van der Waals surface area contributed by atoms with Crippen LogP contribution in [0.1, 0.15) is 30.6 Å². The van der Waals surface area contributed by atoms with Crippen LogP contribution in [0.4, 0.5) is 0 Å². The summed E-state index contributed by atoms with van der Waals surface area (Å²) in [7, 11) is 1.44. The van der Waals surface area contributed by atoms with Crippen molar-refractivity contribution < 1.29 is 19.4 Å². The topological polar surface area (TPSA) is 75.6 Å². The number of ether oxygens (including phenoxy) is 1. The van der Waals surface area contributed by atoms with Crippen molar-refractivity contribution in [2.24, 2.45) is 0 Å². The normalized spacial score (nSPS) is 13.4. The molecule has 1 unspecified atom stereocenters. The molecule has 1 aromatic rings. The third-order valence-corrected chi connectivity index (χ3v) is 4.58. The number of halogens is 2. The van der Waals surface area contributed by atoms with Gasteiger partial charge in [-0.3, -0.25) is 4.79 Å². The average molecular weight is 412 g/mol. The quantitative estimate of drug-likeness (QED) is 0.731. The Labute approximate surface area is 135 Å². The number of amides is 1. The Bertz CT molecular complexity index is 549. The number of carboxylic acid groups (broad SMARTS) is 1. The molecule has 0 aliphatic rings. The maximum atomic E-state index is 12.3. The maximum Gasteiger partial charge on any atom is 0.329 e. The molecule has 1 atom stereocenters. The Morgan fingerprint density at radius 3 is 2.55 bits per heavy atom. The van der Waals surface area contributed by atoms with E-state index in [0.29, 0.717) is 10.8 Å². The van der Waals surface area contributed by atoms with Gasteiger partial charge in [-0.1, -0.05) is 18.5 Å². The van der Waals surface area contributed by atoms with Crippen molar-refractivity contribution in [2.45, 2.75) is 25.8 Å². The van der Waals surface area contributed by atoms with E-state index in [-0.39, 0.29) is 12.0 Å². The van der Waals surface area contributed by atoms with E-state index in [0.717, 1.165) is 3.57 Å². The largest absolute Gasteiger partial charge is 0.496 e. The number of carbonyl (C=O) groups excluding carboxylic acids is 1. The highest BCUT2D eigenvalue weighted by molar-refractivity contribution is 14.1. The Hall–Kier alpha value is -1.02. The number of hydrogen-bond acceptors (Lipinski definition) is 3. The fraction of sp³-hybridized carbons (Fsp3) is 0.385. The van der Waals surface area contributed by atoms with Gasteiger partial charge in [0.15, 0.2) is 0 Å². The van der Waals surface area contributed by atoms with Crippen LogP contribution in [0.2, 0.25) is 5.02 Å². The summed E-state index contributed by atoms with van der Waals surface area (Å²) in [6.07, 6.45) is 0.258. The van der Waals surface area contributed by atoms with Crippen molar-refractivity contribution in [3.63, 3.8) is 0 Å². The molecule has 0 bridgehead atoms. The van der Waals surface area contributed by atoms with Crippen molar-refractivity contribution >= 4 is 46.1 Å². The second-order valence-electron chi connectivity index (χ2n) is 4.41. The van der Waals surface area contributed by atoms with E-state index < -0.39 is 17.4 Å². The van der Waals surface area contributed by atoms with E-state index in [4.69, 9.17) is 16.3 Å². The van der Waals surface area contributed by atoms with E-state index >= 15 is 0 Å². The third kappa shape index (κ3) is 3.54. The molecular weight excluding hydrogens is 397 g/mol. The Kier molecular flexibility index (Phi) is 5.64. The summed E-state index contributed by atoms with van der Waals surface area (Å²) in [5, 5.41) is 12.1. The number of rotatable bonds is 5. The summed E-state index contributed by atoms with van der Waals surface area (Å²) in [5.41, 5.74) is -1.13. The number of carboxylic acids is 1. The molecule has 0 aliphatic heterocycles. The minimum Gasteiger partial charge on any atom is -0.496 e. The van der Waals surface area contributed by atoms with Crippen LogP contribution in [0, 0.1) is 3.57 Å². The second kappa shape index (κ2) is 6.62. The summed E-state index contributed by atoms with van der Waals surface area (Å²) in [4.78, 5) is 23.5. The highest BCUT2D eigenvalue weighted by Crippen LogP contribution is 2.28. The molecule has 0 spiro atoms. The van der Waals surface area contributed by atoms with Crippen molar-refractivity contribution in [3.8, 4) is 5.75 Å². The monoisotopic (exact) mass is 411 g/mol. The number of benzene rings is 1. The van der Waals surface area contributed by atoms with E-state index in [9.17, 15) is 14.7 Å². The van der Waals surface area contributed by atoms with Gasteiger partial charge >= 0.3 is 5.97 Å². The first kappa shape index (κ1) is 17.0. The number of hydrogen-bond donors (Lipinski definition) is 2. The van der Waals surface area contributed by atoms with Crippen LogP contribution in [-0.2, 0) is 4.79 Å². The molecule has 1 aromatic carbocycles. The minimum atomic E-state index is -1.34. The van der Waals surface area contributed by atoms with Crippen LogP contribution in [0.15, 0.2) is 12.1 Å². The second-order valence-corrected chi connectivity index (χ2v) is 5.98. The van der Waals surface area contributed by atoms with Gasteiger partial charge in [0, 0.05) is 3.57 Å². The average Bonchev–Trinajstić information content (AvgIpc) is 2.40. The molecule has 0 aliphatic carbocycles. The predicted octanol–water partition coefficient (Wildman–Crippen LogP) is 2.94. The first-order valence-corrected chi connectivity index (χ1v) is 7.29. The molecule has 110 valence electrons. The predicted molar refractivity (Wildman–Crippen MR) is 84.5 cm³/mol. The highest BCUT2D eigenvalue weighted by atomic mass is 127. The van der Waals surface area contributed by atoms with Gasteiger partial charge < -0.3 is 15.2 Å². The molecule has 0 heterocycles. The molecule has 7 heteroatoms. The van der Waals surface area contributed by atoms with E-state index in [1.54, 1.807) is 13.0 Å². The van der Waals surface area contributed by atoms with E-state index in [1.807, 2.05) is 22.6 Å². The number of aliphatic carboxylic acids is 1. The van der Waals surface area contributed by atoms with Crippen molar-refractivity contribution in [1.29, 1.82) is 0 Å². The van der Waals surface area contributed by atoms with Crippen LogP contribution in [0.3, 0.4) is 0 Å². The molecule has 0 saturated heterocycles. The van der Waals surface area contributed by atoms with Crippen LogP contribution in [0.5, 0.6) is 5.75 Å². The zero-order valence-corrected chi connectivity index (χ0v) is 14.2. The molecule has 1 amide bonds. The molecule has 20 heavy (non-hydrogen) atoms. The van der Waals surface area contributed by atoms with Crippen LogP contribution >= 0.6 is 34.2 Å². The summed E-state index contributed by atoms with van der Waals surface area (Å²) in [6, 6.07) is 3.09. The lowest BCUT2D eigenvalue weighted by Gasteiger charge is -2.25. The zero-order chi connectivity index (χ0) is 15.5. The molecule has 1 rings (SSSR count). The Morgan fingerprint density at radius 2 is 2.10 bits per heavy atom. The van der Waals surface area contributed by atoms with Crippen molar-refractivity contribution in [3.05, 3.63) is 26.3 Å². The summed E-state index contributed by atoms with van der Waals surface area (Å²) >= 11 is 8.02. The molecular formula is C13H15ClINO4. The Morgan fingerprint density at radius 1 is 1.50 bits per heavy atom. The smallest absolute Gasteiger partial charge is 0.329 e. The lowest BCUT2D eigenvalue weighted by molar-refractivity contribution is -0.143. The van der Waals surface area contributed by atoms with Crippen LogP contribution in [-0.4, -0.2) is 29.6 Å². The molecule has 0 radical (unpaired) electrons. The molecule has 0 saturated carbocycles. The van der Waals surface area contributed by atoms with Gasteiger partial charge in [0.05, 0.1) is 17.7 Å². The number of carbonyl (C=O) groups is 2. The molecule has 0 fully saturated rings. The van der Waals surface area contributed by atoms with Crippen LogP contribution in [0.25, 0.3) is 0 Å². The van der Waals surface area contributed by atoms with Gasteiger partial charge in [-0.15, -0.1) is 0 Å². The summed E-state index contributed by atoms with van der Waals surface area (Å²) < 4.78 is 5.88. The third-order valence-electron chi connectivity index (χ3n) is 3.06.